The maximum Gasteiger partial charge on any atom is 0.358 e. The molecule has 140 valence electrons. The lowest BCUT2D eigenvalue weighted by Crippen LogP contribution is -2.08. The summed E-state index contributed by atoms with van der Waals surface area (Å²) in [6, 6.07) is 10.9. The summed E-state index contributed by atoms with van der Waals surface area (Å²) in [7, 11) is 1.29. The Morgan fingerprint density at radius 3 is 2.67 bits per heavy atom. The van der Waals surface area contributed by atoms with Gasteiger partial charge in [0.25, 0.3) is 0 Å². The number of ether oxygens (including phenoxy) is 1. The minimum atomic E-state index is -0.538. The van der Waals surface area contributed by atoms with Gasteiger partial charge in [-0.25, -0.2) is 4.79 Å². The molecule has 0 radical (unpaired) electrons. The van der Waals surface area contributed by atoms with Gasteiger partial charge >= 0.3 is 5.97 Å². The molecular formula is C17H17ClN6O2S. The zero-order valence-electron chi connectivity index (χ0n) is 14.7. The van der Waals surface area contributed by atoms with Crippen LogP contribution in [0.25, 0.3) is 0 Å². The van der Waals surface area contributed by atoms with E-state index in [1.165, 1.54) is 13.2 Å². The molecule has 0 atom stereocenters. The molecule has 1 N–H and O–H groups in total. The van der Waals surface area contributed by atoms with E-state index in [-0.39, 0.29) is 5.69 Å². The van der Waals surface area contributed by atoms with Crippen molar-refractivity contribution in [1.82, 2.24) is 25.0 Å². The number of rotatable bonds is 7. The quantitative estimate of drug-likeness (QED) is 0.471. The summed E-state index contributed by atoms with van der Waals surface area (Å²) in [6.45, 7) is 2.67. The largest absolute Gasteiger partial charge is 0.464 e. The Bertz CT molecular complexity index is 931. The summed E-state index contributed by atoms with van der Waals surface area (Å²) in [4.78, 5) is 11.4. The molecule has 0 amide bonds. The van der Waals surface area contributed by atoms with Crippen LogP contribution >= 0.6 is 23.4 Å². The molecular weight excluding hydrogens is 388 g/mol. The first-order valence-corrected chi connectivity index (χ1v) is 9.47. The molecule has 0 bridgehead atoms. The van der Waals surface area contributed by atoms with Gasteiger partial charge in [-0.1, -0.05) is 41.6 Å². The summed E-state index contributed by atoms with van der Waals surface area (Å²) >= 11 is 7.75. The summed E-state index contributed by atoms with van der Waals surface area (Å²) in [5.41, 5.74) is 1.17. The molecule has 0 saturated carbocycles. The van der Waals surface area contributed by atoms with Crippen molar-refractivity contribution in [3.8, 4) is 0 Å². The minimum Gasteiger partial charge on any atom is -0.464 e. The van der Waals surface area contributed by atoms with Crippen LogP contribution in [-0.4, -0.2) is 38.0 Å². The van der Waals surface area contributed by atoms with Crippen molar-refractivity contribution in [1.29, 1.82) is 0 Å². The van der Waals surface area contributed by atoms with Crippen molar-refractivity contribution in [2.45, 2.75) is 24.4 Å². The molecule has 2 aromatic heterocycles. The third-order valence-electron chi connectivity index (χ3n) is 3.65. The van der Waals surface area contributed by atoms with E-state index in [4.69, 9.17) is 11.6 Å². The van der Waals surface area contributed by atoms with Crippen molar-refractivity contribution in [2.24, 2.45) is 0 Å². The molecule has 8 nitrogen and oxygen atoms in total. The average molecular weight is 405 g/mol. The fourth-order valence-electron chi connectivity index (χ4n) is 2.26. The number of carbonyl (C=O) groups excluding carboxylic acids is 1. The van der Waals surface area contributed by atoms with Crippen LogP contribution in [0.3, 0.4) is 0 Å². The standard InChI is InChI=1S/C17H17ClN6O2S/c1-3-24-16(19-14-9-8-13(20-21-14)15(25)26-2)22-23-17(24)27-10-11-6-4-5-7-12(11)18/h4-9H,3,10H2,1-2H3,(H,19,21,22). The van der Waals surface area contributed by atoms with E-state index >= 15 is 0 Å². The van der Waals surface area contributed by atoms with E-state index in [1.54, 1.807) is 17.8 Å². The maximum atomic E-state index is 11.4. The van der Waals surface area contributed by atoms with Crippen LogP contribution in [0.4, 0.5) is 11.8 Å². The molecule has 27 heavy (non-hydrogen) atoms. The van der Waals surface area contributed by atoms with E-state index in [9.17, 15) is 4.79 Å². The van der Waals surface area contributed by atoms with Gasteiger partial charge in [-0.3, -0.25) is 4.57 Å². The van der Waals surface area contributed by atoms with E-state index < -0.39 is 5.97 Å². The molecule has 3 aromatic rings. The van der Waals surface area contributed by atoms with Gasteiger partial charge in [-0.05, 0) is 30.7 Å². The van der Waals surface area contributed by atoms with Crippen LogP contribution in [0.1, 0.15) is 23.0 Å². The van der Waals surface area contributed by atoms with E-state index in [0.717, 1.165) is 15.7 Å². The second kappa shape index (κ2) is 8.83. The number of hydrogen-bond donors (Lipinski definition) is 1. The van der Waals surface area contributed by atoms with Crippen molar-refractivity contribution in [3.63, 3.8) is 0 Å². The van der Waals surface area contributed by atoms with E-state index in [0.29, 0.717) is 24.1 Å². The van der Waals surface area contributed by atoms with Gasteiger partial charge in [0.15, 0.2) is 16.7 Å². The predicted molar refractivity (Wildman–Crippen MR) is 103 cm³/mol. The molecule has 10 heteroatoms. The Labute approximate surface area is 165 Å². The second-order valence-corrected chi connectivity index (χ2v) is 6.70. The Morgan fingerprint density at radius 2 is 2.00 bits per heavy atom. The second-order valence-electron chi connectivity index (χ2n) is 5.35. The Hall–Kier alpha value is -2.65. The van der Waals surface area contributed by atoms with E-state index in [2.05, 4.69) is 30.4 Å². The molecule has 0 aliphatic rings. The average Bonchev–Trinajstić information content (AvgIpc) is 3.08. The molecule has 0 aliphatic carbocycles. The summed E-state index contributed by atoms with van der Waals surface area (Å²) in [6.07, 6.45) is 0. The first-order valence-electron chi connectivity index (χ1n) is 8.10. The summed E-state index contributed by atoms with van der Waals surface area (Å²) in [5.74, 6) is 1.14. The zero-order valence-corrected chi connectivity index (χ0v) is 16.3. The Balaban J connectivity index is 1.72. The van der Waals surface area contributed by atoms with Gasteiger partial charge in [-0.15, -0.1) is 20.4 Å². The molecule has 0 fully saturated rings. The molecule has 0 saturated heterocycles. The lowest BCUT2D eigenvalue weighted by Gasteiger charge is -2.09. The molecule has 3 rings (SSSR count). The third-order valence-corrected chi connectivity index (χ3v) is 5.03. The number of nitrogens with zero attached hydrogens (tertiary/aromatic N) is 5. The maximum absolute atomic E-state index is 11.4. The number of thioether (sulfide) groups is 1. The Morgan fingerprint density at radius 1 is 1.19 bits per heavy atom. The number of esters is 1. The monoisotopic (exact) mass is 404 g/mol. The number of anilines is 2. The third kappa shape index (κ3) is 4.55. The number of nitrogens with one attached hydrogen (secondary N) is 1. The molecule has 2 heterocycles. The van der Waals surface area contributed by atoms with Gasteiger partial charge in [0.1, 0.15) is 0 Å². The van der Waals surface area contributed by atoms with E-state index in [1.807, 2.05) is 35.8 Å². The van der Waals surface area contributed by atoms with Gasteiger partial charge in [0, 0.05) is 17.3 Å². The number of benzene rings is 1. The summed E-state index contributed by atoms with van der Waals surface area (Å²) < 4.78 is 6.53. The fraction of sp³-hybridized carbons (Fsp3) is 0.235. The van der Waals surface area contributed by atoms with Crippen molar-refractivity contribution < 1.29 is 9.53 Å². The molecule has 0 spiro atoms. The summed E-state index contributed by atoms with van der Waals surface area (Å²) in [5, 5.41) is 20.8. The highest BCUT2D eigenvalue weighted by molar-refractivity contribution is 7.98. The lowest BCUT2D eigenvalue weighted by atomic mass is 10.2. The topological polar surface area (TPSA) is 94.8 Å². The SMILES string of the molecule is CCn1c(Nc2ccc(C(=O)OC)nn2)nnc1SCc1ccccc1Cl. The predicted octanol–water partition coefficient (Wildman–Crippen LogP) is 3.56. The first kappa shape index (κ1) is 19.1. The highest BCUT2D eigenvalue weighted by Gasteiger charge is 2.14. The van der Waals surface area contributed by atoms with Crippen LogP contribution in [-0.2, 0) is 17.0 Å². The van der Waals surface area contributed by atoms with Crippen molar-refractivity contribution in [2.75, 3.05) is 12.4 Å². The normalized spacial score (nSPS) is 10.6. The van der Waals surface area contributed by atoms with Gasteiger partial charge < -0.3 is 10.1 Å². The van der Waals surface area contributed by atoms with Gasteiger partial charge in [-0.2, -0.15) is 0 Å². The molecule has 0 unspecified atom stereocenters. The van der Waals surface area contributed by atoms with Crippen LogP contribution in [0.5, 0.6) is 0 Å². The number of carbonyl (C=O) groups is 1. The van der Waals surface area contributed by atoms with Crippen LogP contribution in [0.15, 0.2) is 41.6 Å². The van der Waals surface area contributed by atoms with Crippen LogP contribution in [0, 0.1) is 0 Å². The minimum absolute atomic E-state index is 0.135. The lowest BCUT2D eigenvalue weighted by molar-refractivity contribution is 0.0593. The highest BCUT2D eigenvalue weighted by atomic mass is 35.5. The van der Waals surface area contributed by atoms with Crippen molar-refractivity contribution in [3.05, 3.63) is 52.7 Å². The smallest absolute Gasteiger partial charge is 0.358 e. The number of aromatic nitrogens is 5. The van der Waals surface area contributed by atoms with Gasteiger partial charge in [0.2, 0.25) is 5.95 Å². The van der Waals surface area contributed by atoms with Gasteiger partial charge in [0.05, 0.1) is 7.11 Å². The van der Waals surface area contributed by atoms with Crippen molar-refractivity contribution >= 4 is 41.1 Å². The molecule has 1 aromatic carbocycles. The van der Waals surface area contributed by atoms with Crippen LogP contribution < -0.4 is 5.32 Å². The number of hydrogen-bond acceptors (Lipinski definition) is 8. The highest BCUT2D eigenvalue weighted by Crippen LogP contribution is 2.27. The number of methoxy groups -OCH3 is 1. The molecule has 0 aliphatic heterocycles. The zero-order chi connectivity index (χ0) is 19.2. The Kier molecular flexibility index (Phi) is 6.25. The first-order chi connectivity index (χ1) is 13.1. The van der Waals surface area contributed by atoms with Crippen LogP contribution in [0.2, 0.25) is 5.02 Å². The fourth-order valence-corrected chi connectivity index (χ4v) is 3.55. The number of halogens is 1.